The van der Waals surface area contributed by atoms with E-state index in [2.05, 4.69) is 23.6 Å². The standard InChI is InChI=1S/C13H19N3O/c1-2-3-6-15-12-7-9-4-5-13(17)16-11(9)8-10(12)14/h7-8,15H,2-6,14H2,1H3,(H,16,17). The highest BCUT2D eigenvalue weighted by Crippen LogP contribution is 2.30. The molecule has 1 aromatic carbocycles. The first-order valence-electron chi connectivity index (χ1n) is 6.17. The van der Waals surface area contributed by atoms with Crippen LogP contribution in [0.1, 0.15) is 31.7 Å². The molecule has 4 N–H and O–H groups in total. The number of amides is 1. The number of unbranched alkanes of at least 4 members (excludes halogenated alkanes) is 1. The van der Waals surface area contributed by atoms with E-state index in [-0.39, 0.29) is 5.91 Å². The molecule has 0 bridgehead atoms. The third-order valence-electron chi connectivity index (χ3n) is 3.02. The van der Waals surface area contributed by atoms with Gasteiger partial charge in [0.05, 0.1) is 11.4 Å². The van der Waals surface area contributed by atoms with Crippen LogP contribution in [0.2, 0.25) is 0 Å². The van der Waals surface area contributed by atoms with Crippen molar-refractivity contribution in [2.24, 2.45) is 0 Å². The van der Waals surface area contributed by atoms with Crippen LogP contribution in [0, 0.1) is 0 Å². The molecule has 4 heteroatoms. The Labute approximate surface area is 102 Å². The van der Waals surface area contributed by atoms with Crippen LogP contribution in [0.25, 0.3) is 0 Å². The van der Waals surface area contributed by atoms with Gasteiger partial charge in [-0.15, -0.1) is 0 Å². The second kappa shape index (κ2) is 5.08. The molecule has 17 heavy (non-hydrogen) atoms. The van der Waals surface area contributed by atoms with Gasteiger partial charge in [-0.1, -0.05) is 13.3 Å². The van der Waals surface area contributed by atoms with Crippen molar-refractivity contribution in [2.75, 3.05) is 22.9 Å². The highest BCUT2D eigenvalue weighted by atomic mass is 16.1. The highest BCUT2D eigenvalue weighted by molar-refractivity contribution is 5.95. The SMILES string of the molecule is CCCCNc1cc2c(cc1N)NC(=O)CC2. The Balaban J connectivity index is 2.16. The summed E-state index contributed by atoms with van der Waals surface area (Å²) in [6.45, 7) is 3.10. The largest absolute Gasteiger partial charge is 0.397 e. The minimum atomic E-state index is 0.0728. The monoisotopic (exact) mass is 233 g/mol. The fourth-order valence-electron chi connectivity index (χ4n) is 2.00. The number of hydrogen-bond acceptors (Lipinski definition) is 3. The lowest BCUT2D eigenvalue weighted by molar-refractivity contribution is -0.116. The smallest absolute Gasteiger partial charge is 0.224 e. The first kappa shape index (κ1) is 11.8. The number of aryl methyl sites for hydroxylation is 1. The second-order valence-corrected chi connectivity index (χ2v) is 4.43. The average Bonchev–Trinajstić information content (AvgIpc) is 2.30. The maximum atomic E-state index is 11.3. The molecule has 0 saturated carbocycles. The van der Waals surface area contributed by atoms with Crippen molar-refractivity contribution in [3.05, 3.63) is 17.7 Å². The maximum Gasteiger partial charge on any atom is 0.224 e. The summed E-state index contributed by atoms with van der Waals surface area (Å²) in [7, 11) is 0. The predicted molar refractivity (Wildman–Crippen MR) is 71.2 cm³/mol. The van der Waals surface area contributed by atoms with E-state index in [4.69, 9.17) is 5.73 Å². The van der Waals surface area contributed by atoms with Crippen molar-refractivity contribution in [1.29, 1.82) is 0 Å². The predicted octanol–water partition coefficient (Wildman–Crippen LogP) is 2.37. The lowest BCUT2D eigenvalue weighted by Gasteiger charge is -2.19. The van der Waals surface area contributed by atoms with Crippen LogP contribution in [0.5, 0.6) is 0 Å². The summed E-state index contributed by atoms with van der Waals surface area (Å²) < 4.78 is 0. The van der Waals surface area contributed by atoms with Gasteiger partial charge < -0.3 is 16.4 Å². The number of hydrogen-bond donors (Lipinski definition) is 3. The third kappa shape index (κ3) is 2.70. The minimum Gasteiger partial charge on any atom is -0.397 e. The number of anilines is 3. The molecule has 0 spiro atoms. The van der Waals surface area contributed by atoms with Gasteiger partial charge in [-0.05, 0) is 30.5 Å². The van der Waals surface area contributed by atoms with E-state index < -0.39 is 0 Å². The molecule has 92 valence electrons. The number of fused-ring (bicyclic) bond motifs is 1. The molecule has 0 atom stereocenters. The summed E-state index contributed by atoms with van der Waals surface area (Å²) in [5.41, 5.74) is 9.66. The van der Waals surface area contributed by atoms with Crippen LogP contribution in [-0.4, -0.2) is 12.5 Å². The van der Waals surface area contributed by atoms with E-state index in [1.54, 1.807) is 0 Å². The second-order valence-electron chi connectivity index (χ2n) is 4.43. The fourth-order valence-corrected chi connectivity index (χ4v) is 2.00. The Hall–Kier alpha value is -1.71. The molecule has 1 amide bonds. The highest BCUT2D eigenvalue weighted by Gasteiger charge is 2.16. The normalized spacial score (nSPS) is 14.1. The third-order valence-corrected chi connectivity index (χ3v) is 3.02. The van der Waals surface area contributed by atoms with Crippen LogP contribution < -0.4 is 16.4 Å². The summed E-state index contributed by atoms with van der Waals surface area (Å²) in [5, 5.41) is 6.19. The Morgan fingerprint density at radius 3 is 3.00 bits per heavy atom. The Morgan fingerprint density at radius 1 is 1.41 bits per heavy atom. The lowest BCUT2D eigenvalue weighted by atomic mass is 10.0. The van der Waals surface area contributed by atoms with Crippen molar-refractivity contribution < 1.29 is 4.79 Å². The fraction of sp³-hybridized carbons (Fsp3) is 0.462. The van der Waals surface area contributed by atoms with Crippen LogP contribution in [0.3, 0.4) is 0 Å². The van der Waals surface area contributed by atoms with Crippen molar-refractivity contribution in [1.82, 2.24) is 0 Å². The van der Waals surface area contributed by atoms with Gasteiger partial charge in [0.1, 0.15) is 0 Å². The van der Waals surface area contributed by atoms with Gasteiger partial charge in [-0.2, -0.15) is 0 Å². The first-order chi connectivity index (χ1) is 8.20. The van der Waals surface area contributed by atoms with Gasteiger partial charge in [0.25, 0.3) is 0 Å². The van der Waals surface area contributed by atoms with Crippen LogP contribution in [-0.2, 0) is 11.2 Å². The summed E-state index contributed by atoms with van der Waals surface area (Å²) >= 11 is 0. The summed E-state index contributed by atoms with van der Waals surface area (Å²) in [4.78, 5) is 11.3. The molecular formula is C13H19N3O. The van der Waals surface area contributed by atoms with Gasteiger partial charge >= 0.3 is 0 Å². The molecule has 1 aliphatic rings. The van der Waals surface area contributed by atoms with Crippen molar-refractivity contribution in [3.63, 3.8) is 0 Å². The van der Waals surface area contributed by atoms with Gasteiger partial charge in [-0.3, -0.25) is 4.79 Å². The first-order valence-corrected chi connectivity index (χ1v) is 6.17. The maximum absolute atomic E-state index is 11.3. The van der Waals surface area contributed by atoms with Gasteiger partial charge in [0.2, 0.25) is 5.91 Å². The van der Waals surface area contributed by atoms with Crippen LogP contribution in [0.15, 0.2) is 12.1 Å². The quantitative estimate of drug-likeness (QED) is 0.552. The molecule has 4 nitrogen and oxygen atoms in total. The number of nitrogens with one attached hydrogen (secondary N) is 2. The molecule has 0 aliphatic carbocycles. The average molecular weight is 233 g/mol. The van der Waals surface area contributed by atoms with E-state index in [1.165, 1.54) is 0 Å². The number of nitrogen functional groups attached to an aromatic ring is 1. The Kier molecular flexibility index (Phi) is 3.52. The Bertz CT molecular complexity index is 429. The molecule has 1 aromatic rings. The molecule has 1 aliphatic heterocycles. The van der Waals surface area contributed by atoms with Gasteiger partial charge in [0, 0.05) is 18.7 Å². The molecule has 2 rings (SSSR count). The van der Waals surface area contributed by atoms with Gasteiger partial charge in [-0.25, -0.2) is 0 Å². The Morgan fingerprint density at radius 2 is 2.24 bits per heavy atom. The zero-order valence-electron chi connectivity index (χ0n) is 10.2. The van der Waals surface area contributed by atoms with E-state index in [0.717, 1.165) is 42.7 Å². The zero-order valence-corrected chi connectivity index (χ0v) is 10.2. The van der Waals surface area contributed by atoms with E-state index in [0.29, 0.717) is 12.1 Å². The van der Waals surface area contributed by atoms with Crippen molar-refractivity contribution in [3.8, 4) is 0 Å². The number of nitrogens with two attached hydrogens (primary N) is 1. The topological polar surface area (TPSA) is 67.2 Å². The number of benzene rings is 1. The molecular weight excluding hydrogens is 214 g/mol. The molecule has 0 unspecified atom stereocenters. The van der Waals surface area contributed by atoms with Crippen molar-refractivity contribution >= 4 is 23.0 Å². The number of carbonyl (C=O) groups is 1. The van der Waals surface area contributed by atoms with Crippen LogP contribution >= 0.6 is 0 Å². The van der Waals surface area contributed by atoms with Crippen molar-refractivity contribution in [2.45, 2.75) is 32.6 Å². The zero-order chi connectivity index (χ0) is 12.3. The number of rotatable bonds is 4. The summed E-state index contributed by atoms with van der Waals surface area (Å²) in [6, 6.07) is 3.90. The van der Waals surface area contributed by atoms with Gasteiger partial charge in [0.15, 0.2) is 0 Å². The van der Waals surface area contributed by atoms with Crippen LogP contribution in [0.4, 0.5) is 17.1 Å². The molecule has 0 radical (unpaired) electrons. The summed E-state index contributed by atoms with van der Waals surface area (Å²) in [5.74, 6) is 0.0728. The molecule has 0 aromatic heterocycles. The lowest BCUT2D eigenvalue weighted by Crippen LogP contribution is -2.19. The molecule has 0 saturated heterocycles. The van der Waals surface area contributed by atoms with E-state index in [1.807, 2.05) is 6.07 Å². The number of carbonyl (C=O) groups excluding carboxylic acids is 1. The minimum absolute atomic E-state index is 0.0728. The summed E-state index contributed by atoms with van der Waals surface area (Å²) in [6.07, 6.45) is 3.65. The molecule has 0 fully saturated rings. The molecule has 1 heterocycles. The van der Waals surface area contributed by atoms with E-state index >= 15 is 0 Å². The van der Waals surface area contributed by atoms with E-state index in [9.17, 15) is 4.79 Å².